The lowest BCUT2D eigenvalue weighted by Gasteiger charge is -2.21. The number of ketones is 1. The normalized spacial score (nSPS) is 11.3. The lowest BCUT2D eigenvalue weighted by Crippen LogP contribution is -2.33. The minimum Gasteiger partial charge on any atom is -0.491 e. The molecule has 0 heterocycles. The molecule has 0 unspecified atom stereocenters. The van der Waals surface area contributed by atoms with Crippen LogP contribution in [-0.4, -0.2) is 38.8 Å². The molecule has 0 radical (unpaired) electrons. The molecular weight excluding hydrogens is 232 g/mol. The van der Waals surface area contributed by atoms with Gasteiger partial charge >= 0.3 is 0 Å². The lowest BCUT2D eigenvalue weighted by atomic mass is 9.96. The maximum absolute atomic E-state index is 12.1. The van der Waals surface area contributed by atoms with Gasteiger partial charge in [0.2, 0.25) is 0 Å². The zero-order valence-corrected chi connectivity index (χ0v) is 11.4. The predicted octanol–water partition coefficient (Wildman–Crippen LogP) is 2.32. The van der Waals surface area contributed by atoms with Crippen LogP contribution in [0.5, 0.6) is 5.75 Å². The van der Waals surface area contributed by atoms with Crippen molar-refractivity contribution in [2.45, 2.75) is 19.4 Å². The first-order valence-electron chi connectivity index (χ1n) is 5.83. The highest BCUT2D eigenvalue weighted by molar-refractivity contribution is 6.02. The summed E-state index contributed by atoms with van der Waals surface area (Å²) >= 11 is 0. The fraction of sp³-hybridized carbons (Fsp3) is 0.500. The third-order valence-corrected chi connectivity index (χ3v) is 2.73. The van der Waals surface area contributed by atoms with Crippen molar-refractivity contribution in [2.24, 2.45) is 0 Å². The Hall–Kier alpha value is -1.39. The number of carbonyl (C=O) groups excluding carboxylic acids is 1. The Bertz CT molecular complexity index is 381. The fourth-order valence-corrected chi connectivity index (χ4v) is 1.39. The van der Waals surface area contributed by atoms with Crippen LogP contribution in [0.4, 0.5) is 0 Å². The van der Waals surface area contributed by atoms with Crippen molar-refractivity contribution in [1.82, 2.24) is 0 Å². The van der Waals surface area contributed by atoms with Gasteiger partial charge in [0.05, 0.1) is 6.61 Å². The van der Waals surface area contributed by atoms with Crippen LogP contribution in [0.1, 0.15) is 24.2 Å². The standard InChI is InChI=1S/C14H20O4/c1-14(2,17-4)13(15)11-5-7-12(8-6-11)18-10-9-16-3/h5-8H,9-10H2,1-4H3. The number of carbonyl (C=O) groups is 1. The van der Waals surface area contributed by atoms with E-state index in [1.165, 1.54) is 7.11 Å². The molecular formula is C14H20O4. The summed E-state index contributed by atoms with van der Waals surface area (Å²) in [5, 5.41) is 0. The Balaban J connectivity index is 2.68. The van der Waals surface area contributed by atoms with E-state index in [9.17, 15) is 4.79 Å². The second-order valence-corrected chi connectivity index (χ2v) is 4.41. The Morgan fingerprint density at radius 2 is 1.72 bits per heavy atom. The number of benzene rings is 1. The van der Waals surface area contributed by atoms with Gasteiger partial charge in [0, 0.05) is 19.8 Å². The summed E-state index contributed by atoms with van der Waals surface area (Å²) in [6.45, 7) is 4.53. The number of hydrogen-bond acceptors (Lipinski definition) is 4. The van der Waals surface area contributed by atoms with Gasteiger partial charge < -0.3 is 14.2 Å². The first kappa shape index (κ1) is 14.7. The molecule has 0 fully saturated rings. The van der Waals surface area contributed by atoms with Crippen LogP contribution < -0.4 is 4.74 Å². The van der Waals surface area contributed by atoms with E-state index in [2.05, 4.69) is 0 Å². The number of ether oxygens (including phenoxy) is 3. The molecule has 18 heavy (non-hydrogen) atoms. The number of rotatable bonds is 7. The van der Waals surface area contributed by atoms with E-state index in [1.54, 1.807) is 45.2 Å². The molecule has 0 spiro atoms. The van der Waals surface area contributed by atoms with E-state index in [0.29, 0.717) is 18.8 Å². The van der Waals surface area contributed by atoms with Gasteiger partial charge in [-0.05, 0) is 38.1 Å². The smallest absolute Gasteiger partial charge is 0.194 e. The molecule has 100 valence electrons. The summed E-state index contributed by atoms with van der Waals surface area (Å²) in [5.74, 6) is 0.673. The molecule has 1 rings (SSSR count). The Kier molecular flexibility index (Phi) is 5.31. The summed E-state index contributed by atoms with van der Waals surface area (Å²) in [5.41, 5.74) is -0.195. The monoisotopic (exact) mass is 252 g/mol. The van der Waals surface area contributed by atoms with Crippen molar-refractivity contribution < 1.29 is 19.0 Å². The van der Waals surface area contributed by atoms with Crippen LogP contribution in [0.2, 0.25) is 0 Å². The highest BCUT2D eigenvalue weighted by atomic mass is 16.5. The van der Waals surface area contributed by atoms with Gasteiger partial charge in [-0.1, -0.05) is 0 Å². The van der Waals surface area contributed by atoms with Gasteiger partial charge in [0.25, 0.3) is 0 Å². The first-order valence-corrected chi connectivity index (χ1v) is 5.83. The van der Waals surface area contributed by atoms with Crippen LogP contribution >= 0.6 is 0 Å². The minimum absolute atomic E-state index is 0.0477. The van der Waals surface area contributed by atoms with E-state index in [0.717, 1.165) is 5.75 Å². The lowest BCUT2D eigenvalue weighted by molar-refractivity contribution is 0.0228. The summed E-state index contributed by atoms with van der Waals surface area (Å²) in [7, 11) is 3.15. The fourth-order valence-electron chi connectivity index (χ4n) is 1.39. The summed E-state index contributed by atoms with van der Waals surface area (Å²) in [6, 6.07) is 7.03. The topological polar surface area (TPSA) is 44.8 Å². The molecule has 1 aromatic rings. The average molecular weight is 252 g/mol. The molecule has 0 amide bonds. The Morgan fingerprint density at radius 3 is 2.22 bits per heavy atom. The molecule has 0 aliphatic rings. The Morgan fingerprint density at radius 1 is 1.11 bits per heavy atom. The highest BCUT2D eigenvalue weighted by Crippen LogP contribution is 2.19. The zero-order chi connectivity index (χ0) is 13.6. The second-order valence-electron chi connectivity index (χ2n) is 4.41. The molecule has 0 saturated heterocycles. The second kappa shape index (κ2) is 6.52. The summed E-state index contributed by atoms with van der Waals surface area (Å²) in [4.78, 5) is 12.1. The molecule has 0 aliphatic carbocycles. The quantitative estimate of drug-likeness (QED) is 0.552. The van der Waals surface area contributed by atoms with Crippen LogP contribution in [0.25, 0.3) is 0 Å². The molecule has 0 N–H and O–H groups in total. The largest absolute Gasteiger partial charge is 0.491 e. The van der Waals surface area contributed by atoms with Gasteiger partial charge in [0.15, 0.2) is 5.78 Å². The molecule has 0 saturated carbocycles. The molecule has 0 bridgehead atoms. The number of methoxy groups -OCH3 is 2. The number of hydrogen-bond donors (Lipinski definition) is 0. The van der Waals surface area contributed by atoms with Crippen molar-refractivity contribution in [3.63, 3.8) is 0 Å². The van der Waals surface area contributed by atoms with E-state index in [1.807, 2.05) is 0 Å². The van der Waals surface area contributed by atoms with Crippen molar-refractivity contribution in [3.05, 3.63) is 29.8 Å². The third-order valence-electron chi connectivity index (χ3n) is 2.73. The van der Waals surface area contributed by atoms with E-state index in [4.69, 9.17) is 14.2 Å². The van der Waals surface area contributed by atoms with Crippen LogP contribution in [0, 0.1) is 0 Å². The maximum atomic E-state index is 12.1. The number of Topliss-reactive ketones (excluding diaryl/α,β-unsaturated/α-hetero) is 1. The molecule has 0 aliphatic heterocycles. The minimum atomic E-state index is -0.807. The molecule has 0 atom stereocenters. The predicted molar refractivity (Wildman–Crippen MR) is 69.2 cm³/mol. The van der Waals surface area contributed by atoms with Crippen molar-refractivity contribution in [3.8, 4) is 5.75 Å². The van der Waals surface area contributed by atoms with E-state index >= 15 is 0 Å². The molecule has 1 aromatic carbocycles. The van der Waals surface area contributed by atoms with E-state index < -0.39 is 5.60 Å². The third kappa shape index (κ3) is 3.82. The molecule has 0 aromatic heterocycles. The van der Waals surface area contributed by atoms with Gasteiger partial charge in [-0.3, -0.25) is 4.79 Å². The van der Waals surface area contributed by atoms with Gasteiger partial charge in [-0.15, -0.1) is 0 Å². The highest BCUT2D eigenvalue weighted by Gasteiger charge is 2.27. The van der Waals surface area contributed by atoms with Crippen molar-refractivity contribution in [1.29, 1.82) is 0 Å². The van der Waals surface area contributed by atoms with Crippen molar-refractivity contribution in [2.75, 3.05) is 27.4 Å². The van der Waals surface area contributed by atoms with E-state index in [-0.39, 0.29) is 5.78 Å². The first-order chi connectivity index (χ1) is 8.51. The summed E-state index contributed by atoms with van der Waals surface area (Å²) < 4.78 is 15.5. The van der Waals surface area contributed by atoms with Crippen LogP contribution in [-0.2, 0) is 9.47 Å². The van der Waals surface area contributed by atoms with Gasteiger partial charge in [-0.25, -0.2) is 0 Å². The van der Waals surface area contributed by atoms with Crippen LogP contribution in [0.15, 0.2) is 24.3 Å². The molecule has 4 nitrogen and oxygen atoms in total. The summed E-state index contributed by atoms with van der Waals surface area (Å²) in [6.07, 6.45) is 0. The van der Waals surface area contributed by atoms with Gasteiger partial charge in [-0.2, -0.15) is 0 Å². The SMILES string of the molecule is COCCOc1ccc(C(=O)C(C)(C)OC)cc1. The Labute approximate surface area is 108 Å². The van der Waals surface area contributed by atoms with Crippen LogP contribution in [0.3, 0.4) is 0 Å². The zero-order valence-electron chi connectivity index (χ0n) is 11.4. The van der Waals surface area contributed by atoms with Gasteiger partial charge in [0.1, 0.15) is 18.0 Å². The maximum Gasteiger partial charge on any atom is 0.194 e. The van der Waals surface area contributed by atoms with Crippen molar-refractivity contribution >= 4 is 5.78 Å². The average Bonchev–Trinajstić information content (AvgIpc) is 2.39. The molecule has 4 heteroatoms.